The number of aliphatic hydroxyl groups is 1. The zero-order valence-electron chi connectivity index (χ0n) is 7.79. The Bertz CT molecular complexity index is 157. The maximum absolute atomic E-state index is 10.3. The molecule has 0 fully saturated rings. The number of hydrogen-bond donors (Lipinski definition) is 3. The zero-order valence-corrected chi connectivity index (χ0v) is 7.79. The first kappa shape index (κ1) is 11.2. The van der Waals surface area contributed by atoms with Crippen molar-refractivity contribution < 1.29 is 9.90 Å². The van der Waals surface area contributed by atoms with E-state index in [1.165, 1.54) is 0 Å². The highest BCUT2D eigenvalue weighted by molar-refractivity contribution is 5.71. The summed E-state index contributed by atoms with van der Waals surface area (Å²) in [4.78, 5) is 12.2. The van der Waals surface area contributed by atoms with Crippen LogP contribution < -0.4 is 11.1 Å². The van der Waals surface area contributed by atoms with Gasteiger partial charge in [-0.25, -0.2) is 4.79 Å². The minimum atomic E-state index is -0.932. The summed E-state index contributed by atoms with van der Waals surface area (Å²) in [5, 5.41) is 12.0. The van der Waals surface area contributed by atoms with Gasteiger partial charge in [0.2, 0.25) is 0 Å². The van der Waals surface area contributed by atoms with E-state index in [0.717, 1.165) is 0 Å². The largest absolute Gasteiger partial charge is 0.387 e. The summed E-state index contributed by atoms with van der Waals surface area (Å²) in [5.74, 6) is 0. The summed E-state index contributed by atoms with van der Waals surface area (Å²) in [6.07, 6.45) is 0. The molecule has 0 aromatic rings. The fourth-order valence-corrected chi connectivity index (χ4v) is 1.01. The van der Waals surface area contributed by atoms with E-state index >= 15 is 0 Å². The smallest absolute Gasteiger partial charge is 0.312 e. The number of amides is 2. The first-order chi connectivity index (χ1) is 5.33. The normalized spacial score (nSPS) is 15.8. The zero-order chi connectivity index (χ0) is 9.78. The minimum absolute atomic E-state index is 0.167. The number of rotatable bonds is 4. The van der Waals surface area contributed by atoms with E-state index in [4.69, 9.17) is 5.73 Å². The Balaban J connectivity index is 3.78. The standard InChI is InChI=1S/C7H17N3O2/c1-7(12,5-10(2)3)4-9-6(8)11/h12H,4-5H2,1-3H3,(H3,8,9,11). The molecule has 5 heteroatoms. The number of carbonyl (C=O) groups is 1. The molecule has 4 N–H and O–H groups in total. The molecule has 0 bridgehead atoms. The van der Waals surface area contributed by atoms with Crippen LogP contribution >= 0.6 is 0 Å². The molecule has 0 aliphatic rings. The quantitative estimate of drug-likeness (QED) is 0.511. The summed E-state index contributed by atoms with van der Waals surface area (Å²) in [6, 6.07) is -0.617. The first-order valence-corrected chi connectivity index (χ1v) is 3.74. The molecule has 0 aliphatic carbocycles. The highest BCUT2D eigenvalue weighted by atomic mass is 16.3. The van der Waals surface area contributed by atoms with Crippen LogP contribution in [0.1, 0.15) is 6.92 Å². The van der Waals surface area contributed by atoms with Crippen LogP contribution in [0.3, 0.4) is 0 Å². The van der Waals surface area contributed by atoms with E-state index in [2.05, 4.69) is 5.32 Å². The molecule has 5 nitrogen and oxygen atoms in total. The molecule has 1 unspecified atom stereocenters. The predicted molar refractivity (Wildman–Crippen MR) is 46.8 cm³/mol. The van der Waals surface area contributed by atoms with Gasteiger partial charge in [0.1, 0.15) is 0 Å². The molecular weight excluding hydrogens is 158 g/mol. The topological polar surface area (TPSA) is 78.6 Å². The SMILES string of the molecule is CN(C)CC(C)(O)CNC(N)=O. The van der Waals surface area contributed by atoms with Crippen LogP contribution in [0.15, 0.2) is 0 Å². The molecule has 0 aliphatic heterocycles. The Kier molecular flexibility index (Phi) is 3.99. The molecule has 0 aromatic carbocycles. The van der Waals surface area contributed by atoms with Gasteiger partial charge in [-0.05, 0) is 21.0 Å². The first-order valence-electron chi connectivity index (χ1n) is 3.74. The molecule has 0 heterocycles. The Labute approximate surface area is 72.5 Å². The minimum Gasteiger partial charge on any atom is -0.387 e. The van der Waals surface area contributed by atoms with Crippen LogP contribution in [-0.2, 0) is 0 Å². The lowest BCUT2D eigenvalue weighted by Gasteiger charge is -2.26. The van der Waals surface area contributed by atoms with Gasteiger partial charge in [0, 0.05) is 13.1 Å². The summed E-state index contributed by atoms with van der Waals surface area (Å²) in [7, 11) is 3.69. The van der Waals surface area contributed by atoms with Gasteiger partial charge >= 0.3 is 6.03 Å². The van der Waals surface area contributed by atoms with E-state index in [1.807, 2.05) is 19.0 Å². The molecule has 0 aromatic heterocycles. The molecule has 2 amide bonds. The van der Waals surface area contributed by atoms with E-state index in [1.54, 1.807) is 6.92 Å². The molecule has 0 rings (SSSR count). The van der Waals surface area contributed by atoms with Crippen molar-refractivity contribution in [3.8, 4) is 0 Å². The van der Waals surface area contributed by atoms with E-state index in [9.17, 15) is 9.90 Å². The van der Waals surface area contributed by atoms with Crippen LogP contribution in [0.2, 0.25) is 0 Å². The van der Waals surface area contributed by atoms with Crippen molar-refractivity contribution in [2.24, 2.45) is 5.73 Å². The number of nitrogens with one attached hydrogen (secondary N) is 1. The number of likely N-dealkylation sites (N-methyl/N-ethyl adjacent to an activating group) is 1. The highest BCUT2D eigenvalue weighted by Crippen LogP contribution is 2.01. The predicted octanol–water partition coefficient (Wildman–Crippen LogP) is -1.03. The van der Waals surface area contributed by atoms with E-state index < -0.39 is 11.6 Å². The van der Waals surface area contributed by atoms with Gasteiger partial charge in [0.15, 0.2) is 0 Å². The van der Waals surface area contributed by atoms with E-state index in [0.29, 0.717) is 6.54 Å². The summed E-state index contributed by atoms with van der Waals surface area (Å²) < 4.78 is 0. The third kappa shape index (κ3) is 5.94. The molecule has 0 saturated heterocycles. The lowest BCUT2D eigenvalue weighted by molar-refractivity contribution is 0.0363. The fraction of sp³-hybridized carbons (Fsp3) is 0.857. The number of urea groups is 1. The van der Waals surface area contributed by atoms with Crippen LogP contribution in [-0.4, -0.2) is 48.8 Å². The maximum atomic E-state index is 10.3. The average Bonchev–Trinajstić information content (AvgIpc) is 1.81. The third-order valence-electron chi connectivity index (χ3n) is 1.30. The van der Waals surface area contributed by atoms with Crippen LogP contribution in [0.25, 0.3) is 0 Å². The number of carbonyl (C=O) groups excluding carboxylic acids is 1. The van der Waals surface area contributed by atoms with Gasteiger partial charge in [-0.2, -0.15) is 0 Å². The van der Waals surface area contributed by atoms with Crippen molar-refractivity contribution in [2.75, 3.05) is 27.2 Å². The Morgan fingerprint density at radius 2 is 2.17 bits per heavy atom. The fourth-order valence-electron chi connectivity index (χ4n) is 1.01. The third-order valence-corrected chi connectivity index (χ3v) is 1.30. The average molecular weight is 175 g/mol. The van der Waals surface area contributed by atoms with Crippen molar-refractivity contribution in [1.29, 1.82) is 0 Å². The monoisotopic (exact) mass is 175 g/mol. The van der Waals surface area contributed by atoms with Crippen molar-refractivity contribution >= 4 is 6.03 Å². The second-order valence-electron chi connectivity index (χ2n) is 3.45. The van der Waals surface area contributed by atoms with Crippen molar-refractivity contribution in [3.05, 3.63) is 0 Å². The van der Waals surface area contributed by atoms with Crippen LogP contribution in [0.4, 0.5) is 4.79 Å². The highest BCUT2D eigenvalue weighted by Gasteiger charge is 2.21. The van der Waals surface area contributed by atoms with Crippen molar-refractivity contribution in [3.63, 3.8) is 0 Å². The van der Waals surface area contributed by atoms with E-state index in [-0.39, 0.29) is 6.54 Å². The molecule has 1 atom stereocenters. The number of nitrogens with two attached hydrogens (primary N) is 1. The van der Waals surface area contributed by atoms with Gasteiger partial charge in [0.25, 0.3) is 0 Å². The lowest BCUT2D eigenvalue weighted by atomic mass is 10.1. The summed E-state index contributed by atoms with van der Waals surface area (Å²) in [5.41, 5.74) is 3.92. The van der Waals surface area contributed by atoms with Gasteiger partial charge in [-0.15, -0.1) is 0 Å². The molecule has 0 saturated carbocycles. The van der Waals surface area contributed by atoms with Crippen LogP contribution in [0, 0.1) is 0 Å². The number of primary amides is 1. The molecule has 72 valence electrons. The summed E-state index contributed by atoms with van der Waals surface area (Å²) >= 11 is 0. The van der Waals surface area contributed by atoms with Crippen LogP contribution in [0.5, 0.6) is 0 Å². The van der Waals surface area contributed by atoms with Gasteiger partial charge < -0.3 is 21.1 Å². The molecule has 12 heavy (non-hydrogen) atoms. The Morgan fingerprint density at radius 3 is 2.50 bits per heavy atom. The maximum Gasteiger partial charge on any atom is 0.312 e. The number of nitrogens with zero attached hydrogens (tertiary/aromatic N) is 1. The van der Waals surface area contributed by atoms with Gasteiger partial charge in [-0.1, -0.05) is 0 Å². The molecule has 0 radical (unpaired) electrons. The van der Waals surface area contributed by atoms with Crippen molar-refractivity contribution in [1.82, 2.24) is 10.2 Å². The van der Waals surface area contributed by atoms with Gasteiger partial charge in [-0.3, -0.25) is 0 Å². The Hall–Kier alpha value is -0.810. The second kappa shape index (κ2) is 4.27. The number of hydrogen-bond acceptors (Lipinski definition) is 3. The lowest BCUT2D eigenvalue weighted by Crippen LogP contribution is -2.48. The van der Waals surface area contributed by atoms with Crippen molar-refractivity contribution in [2.45, 2.75) is 12.5 Å². The Morgan fingerprint density at radius 1 is 1.67 bits per heavy atom. The molecular formula is C7H17N3O2. The second-order valence-corrected chi connectivity index (χ2v) is 3.45. The van der Waals surface area contributed by atoms with Gasteiger partial charge in [0.05, 0.1) is 5.60 Å². The molecule has 0 spiro atoms. The summed E-state index contributed by atoms with van der Waals surface area (Å²) in [6.45, 7) is 2.29.